The first-order valence-corrected chi connectivity index (χ1v) is 18.5. The van der Waals surface area contributed by atoms with Crippen LogP contribution in [0.1, 0.15) is 116 Å². The van der Waals surface area contributed by atoms with Crippen molar-refractivity contribution < 1.29 is 29.7 Å². The third-order valence-corrected chi connectivity index (χ3v) is 8.78. The van der Waals surface area contributed by atoms with E-state index in [9.17, 15) is 10.2 Å². The molecule has 0 saturated heterocycles. The van der Waals surface area contributed by atoms with Crippen molar-refractivity contribution in [3.05, 3.63) is 118 Å². The van der Waals surface area contributed by atoms with E-state index in [1.54, 1.807) is 12.4 Å². The molecule has 0 heterocycles. The number of rotatable bonds is 10. The summed E-state index contributed by atoms with van der Waals surface area (Å²) in [6, 6.07) is 28.6. The Morgan fingerprint density at radius 1 is 0.491 bits per heavy atom. The van der Waals surface area contributed by atoms with E-state index in [4.69, 9.17) is 0 Å². The predicted molar refractivity (Wildman–Crippen MR) is 226 cm³/mol. The summed E-state index contributed by atoms with van der Waals surface area (Å²) < 4.78 is 0. The molecule has 0 spiro atoms. The van der Waals surface area contributed by atoms with E-state index in [0.717, 1.165) is 46.7 Å². The number of nitrogens with zero attached hydrogens (tertiary/aromatic N) is 2. The molecule has 0 fully saturated rings. The molecular formula is C46H64N4O2Zn. The molecule has 0 aliphatic heterocycles. The van der Waals surface area contributed by atoms with Crippen LogP contribution in [0.3, 0.4) is 0 Å². The fourth-order valence-corrected chi connectivity index (χ4v) is 5.49. The van der Waals surface area contributed by atoms with Crippen molar-refractivity contribution in [1.29, 1.82) is 0 Å². The zero-order valence-corrected chi connectivity index (χ0v) is 37.5. The van der Waals surface area contributed by atoms with Gasteiger partial charge in [-0.05, 0) is 69.2 Å². The molecule has 0 unspecified atom stereocenters. The molecule has 0 bridgehead atoms. The first-order chi connectivity index (χ1) is 24.2. The standard InChI is InChI=1S/2C23H32N2O.Zn/c2*1-22(2,3)18-14-17(21(26)20(15-18)23(4,5)6)16-24-12-13-25-19-10-8-7-9-11-19;/h2*7-11,14-16,25-26H,12-13H2,1-6H3;. The summed E-state index contributed by atoms with van der Waals surface area (Å²) in [7, 11) is 0. The van der Waals surface area contributed by atoms with Gasteiger partial charge in [0, 0.05) is 78.6 Å². The van der Waals surface area contributed by atoms with E-state index in [0.29, 0.717) is 24.6 Å². The van der Waals surface area contributed by atoms with Gasteiger partial charge in [-0.2, -0.15) is 0 Å². The number of aromatic hydroxyl groups is 2. The van der Waals surface area contributed by atoms with Gasteiger partial charge in [-0.25, -0.2) is 0 Å². The van der Waals surface area contributed by atoms with Crippen molar-refractivity contribution >= 4 is 23.8 Å². The molecule has 0 aliphatic rings. The van der Waals surface area contributed by atoms with Crippen molar-refractivity contribution in [2.45, 2.75) is 105 Å². The largest absolute Gasteiger partial charge is 0.507 e. The van der Waals surface area contributed by atoms with Crippen molar-refractivity contribution in [3.8, 4) is 11.5 Å². The molecule has 4 rings (SSSR count). The number of hydrogen-bond donors (Lipinski definition) is 4. The van der Waals surface area contributed by atoms with Crippen LogP contribution in [-0.2, 0) is 41.1 Å². The third-order valence-electron chi connectivity index (χ3n) is 8.78. The minimum Gasteiger partial charge on any atom is -0.507 e. The maximum Gasteiger partial charge on any atom is 0.128 e. The molecular weight excluding hydrogens is 706 g/mol. The first-order valence-electron chi connectivity index (χ1n) is 18.5. The second-order valence-corrected chi connectivity index (χ2v) is 17.6. The quantitative estimate of drug-likeness (QED) is 0.0735. The molecule has 282 valence electrons. The monoisotopic (exact) mass is 768 g/mol. The molecule has 4 aromatic rings. The maximum absolute atomic E-state index is 10.7. The predicted octanol–water partition coefficient (Wildman–Crippen LogP) is 11.0. The van der Waals surface area contributed by atoms with Gasteiger partial charge in [0.05, 0.1) is 13.1 Å². The second-order valence-electron chi connectivity index (χ2n) is 17.6. The first kappa shape index (κ1) is 45.2. The number of nitrogens with one attached hydrogen (secondary N) is 2. The van der Waals surface area contributed by atoms with Gasteiger partial charge in [0.15, 0.2) is 0 Å². The van der Waals surface area contributed by atoms with E-state index in [1.807, 2.05) is 60.7 Å². The fraction of sp³-hybridized carbons (Fsp3) is 0.435. The molecule has 6 nitrogen and oxygen atoms in total. The van der Waals surface area contributed by atoms with E-state index in [2.05, 4.69) is 128 Å². The van der Waals surface area contributed by atoms with Crippen molar-refractivity contribution in [2.24, 2.45) is 9.98 Å². The average molecular weight is 770 g/mol. The summed E-state index contributed by atoms with van der Waals surface area (Å²) in [5, 5.41) is 28.2. The Kier molecular flexibility index (Phi) is 16.5. The molecule has 53 heavy (non-hydrogen) atoms. The molecule has 0 radical (unpaired) electrons. The van der Waals surface area contributed by atoms with E-state index in [1.165, 1.54) is 11.1 Å². The normalized spacial score (nSPS) is 12.3. The Morgan fingerprint density at radius 3 is 1.09 bits per heavy atom. The van der Waals surface area contributed by atoms with Gasteiger partial charge in [0.2, 0.25) is 0 Å². The van der Waals surface area contributed by atoms with Crippen LogP contribution >= 0.6 is 0 Å². The number of para-hydroxylation sites is 2. The molecule has 4 N–H and O–H groups in total. The second kappa shape index (κ2) is 19.4. The van der Waals surface area contributed by atoms with Gasteiger partial charge in [-0.1, -0.05) is 132 Å². The van der Waals surface area contributed by atoms with E-state index < -0.39 is 0 Å². The molecule has 0 aliphatic carbocycles. The van der Waals surface area contributed by atoms with E-state index >= 15 is 0 Å². The number of anilines is 2. The minimum atomic E-state index is -0.122. The average Bonchev–Trinajstić information content (AvgIpc) is 3.05. The number of phenols is 2. The van der Waals surface area contributed by atoms with Gasteiger partial charge in [-0.15, -0.1) is 0 Å². The summed E-state index contributed by atoms with van der Waals surface area (Å²) in [6.45, 7) is 28.7. The zero-order valence-electron chi connectivity index (χ0n) is 34.6. The van der Waals surface area contributed by atoms with E-state index in [-0.39, 0.29) is 41.1 Å². The summed E-state index contributed by atoms with van der Waals surface area (Å²) in [4.78, 5) is 9.03. The SMILES string of the molecule is CC(C)(C)c1cc(C=NCCNc2ccccc2)c(O)c(C(C)(C)C)c1.CC(C)(C)c1cc(C=NCCNc2ccccc2)c(O)c(C(C)(C)C)c1.[Zn]. The summed E-state index contributed by atoms with van der Waals surface area (Å²) in [5.74, 6) is 0.676. The molecule has 0 aromatic heterocycles. The molecule has 0 atom stereocenters. The Balaban J connectivity index is 0.000000360. The Hall–Kier alpha value is -3.96. The van der Waals surface area contributed by atoms with Gasteiger partial charge in [0.1, 0.15) is 11.5 Å². The third kappa shape index (κ3) is 14.4. The van der Waals surface area contributed by atoms with Crippen LogP contribution in [0.5, 0.6) is 11.5 Å². The Bertz CT molecular complexity index is 1640. The topological polar surface area (TPSA) is 89.2 Å². The van der Waals surface area contributed by atoms with Crippen LogP contribution in [0, 0.1) is 0 Å². The van der Waals surface area contributed by atoms with Gasteiger partial charge in [0.25, 0.3) is 0 Å². The minimum absolute atomic E-state index is 0. The Morgan fingerprint density at radius 2 is 0.811 bits per heavy atom. The van der Waals surface area contributed by atoms with Crippen molar-refractivity contribution in [3.63, 3.8) is 0 Å². The molecule has 0 saturated carbocycles. The van der Waals surface area contributed by atoms with Crippen LogP contribution in [0.2, 0.25) is 0 Å². The van der Waals surface area contributed by atoms with Crippen molar-refractivity contribution in [2.75, 3.05) is 36.8 Å². The number of benzene rings is 4. The number of aliphatic imine (C=N–C) groups is 2. The molecule has 4 aromatic carbocycles. The van der Waals surface area contributed by atoms with Crippen molar-refractivity contribution in [1.82, 2.24) is 0 Å². The van der Waals surface area contributed by atoms with Gasteiger partial charge < -0.3 is 20.8 Å². The Labute approximate surface area is 333 Å². The maximum atomic E-state index is 10.7. The summed E-state index contributed by atoms with van der Waals surface area (Å²) in [6.07, 6.45) is 3.60. The van der Waals surface area contributed by atoms with Gasteiger partial charge >= 0.3 is 0 Å². The van der Waals surface area contributed by atoms with Crippen LogP contribution in [0.15, 0.2) is 94.9 Å². The molecule has 7 heteroatoms. The van der Waals surface area contributed by atoms with Crippen LogP contribution < -0.4 is 10.6 Å². The number of hydrogen-bond acceptors (Lipinski definition) is 6. The molecule has 0 amide bonds. The van der Waals surface area contributed by atoms with Gasteiger partial charge in [-0.3, -0.25) is 9.98 Å². The smallest absolute Gasteiger partial charge is 0.128 e. The van der Waals surface area contributed by atoms with Crippen LogP contribution in [0.25, 0.3) is 0 Å². The number of phenolic OH excluding ortho intramolecular Hbond substituents is 2. The van der Waals surface area contributed by atoms with Crippen LogP contribution in [-0.4, -0.2) is 48.8 Å². The zero-order chi connectivity index (χ0) is 38.7. The summed E-state index contributed by atoms with van der Waals surface area (Å²) >= 11 is 0. The summed E-state index contributed by atoms with van der Waals surface area (Å²) in [5.41, 5.74) is 7.92. The fourth-order valence-electron chi connectivity index (χ4n) is 5.49. The van der Waals surface area contributed by atoms with Crippen LogP contribution in [0.4, 0.5) is 11.4 Å².